The van der Waals surface area contributed by atoms with E-state index < -0.39 is 0 Å². The molecule has 1 heteroatoms. The Bertz CT molecular complexity index is 235. The van der Waals surface area contributed by atoms with Crippen molar-refractivity contribution in [1.29, 1.82) is 0 Å². The van der Waals surface area contributed by atoms with Gasteiger partial charge in [-0.2, -0.15) is 0 Å². The largest absolute Gasteiger partial charge is 0.109 e. The zero-order chi connectivity index (χ0) is 16.4. The lowest BCUT2D eigenvalue weighted by molar-refractivity contribution is 0.348. The highest BCUT2D eigenvalue weighted by Gasteiger charge is 2.17. The summed E-state index contributed by atoms with van der Waals surface area (Å²) < 4.78 is 0. The molecule has 1 atom stereocenters. The third-order valence-electron chi connectivity index (χ3n) is 4.67. The van der Waals surface area contributed by atoms with Crippen LogP contribution in [0.15, 0.2) is 0 Å². The molecule has 0 aliphatic rings. The van der Waals surface area contributed by atoms with Gasteiger partial charge in [-0.1, -0.05) is 111 Å². The molecule has 0 spiro atoms. The average molecular weight is 294 g/mol. The molecule has 0 saturated carbocycles. The summed E-state index contributed by atoms with van der Waals surface area (Å²) in [6, 6.07) is 0. The lowest BCUT2D eigenvalue weighted by Crippen LogP contribution is -2.09. The lowest BCUT2D eigenvalue weighted by Gasteiger charge is -2.25. The van der Waals surface area contributed by atoms with Gasteiger partial charge in [0.1, 0.15) is 7.85 Å². The molecule has 0 amide bonds. The quantitative estimate of drug-likeness (QED) is 0.274. The van der Waals surface area contributed by atoms with Crippen molar-refractivity contribution >= 4 is 7.85 Å². The van der Waals surface area contributed by atoms with Crippen molar-refractivity contribution in [2.75, 3.05) is 0 Å². The highest BCUT2D eigenvalue weighted by Crippen LogP contribution is 2.35. The van der Waals surface area contributed by atoms with E-state index in [9.17, 15) is 0 Å². The molecular formula is C20H43B. The molecular weight excluding hydrogens is 251 g/mol. The Hall–Kier alpha value is 0.0649. The Balaban J connectivity index is 3.51. The predicted molar refractivity (Wildman–Crippen MR) is 102 cm³/mol. The van der Waals surface area contributed by atoms with Crippen LogP contribution in [0.2, 0.25) is 5.31 Å². The number of unbranched alkanes of at least 4 members (excludes halogenated alkanes) is 5. The molecule has 0 N–H and O–H groups in total. The summed E-state index contributed by atoms with van der Waals surface area (Å²) in [4.78, 5) is 0. The van der Waals surface area contributed by atoms with Gasteiger partial charge in [-0.3, -0.25) is 0 Å². The maximum atomic E-state index is 2.48. The van der Waals surface area contributed by atoms with Crippen molar-refractivity contribution in [3.63, 3.8) is 0 Å². The van der Waals surface area contributed by atoms with Gasteiger partial charge < -0.3 is 0 Å². The van der Waals surface area contributed by atoms with Gasteiger partial charge in [0.05, 0.1) is 0 Å². The van der Waals surface area contributed by atoms with E-state index in [1.807, 2.05) is 0 Å². The van der Waals surface area contributed by atoms with Crippen molar-refractivity contribution in [3.8, 4) is 0 Å². The number of hydrogen-bond donors (Lipinski definition) is 0. The van der Waals surface area contributed by atoms with E-state index in [2.05, 4.69) is 49.4 Å². The van der Waals surface area contributed by atoms with Crippen LogP contribution in [0.3, 0.4) is 0 Å². The first kappa shape index (κ1) is 21.1. The molecule has 0 radical (unpaired) electrons. The first-order valence-electron chi connectivity index (χ1n) is 9.62. The molecule has 21 heavy (non-hydrogen) atoms. The van der Waals surface area contributed by atoms with Gasteiger partial charge in [0.15, 0.2) is 0 Å². The molecule has 0 bridgehead atoms. The summed E-state index contributed by atoms with van der Waals surface area (Å²) in [6.45, 7) is 14.2. The molecule has 126 valence electrons. The minimum atomic E-state index is 0.514. The minimum Gasteiger partial charge on any atom is -0.0669 e. The summed E-state index contributed by atoms with van der Waals surface area (Å²) in [5, 5.41) is 0.565. The van der Waals surface area contributed by atoms with E-state index in [1.54, 1.807) is 0 Å². The van der Waals surface area contributed by atoms with Crippen LogP contribution in [0, 0.1) is 11.3 Å². The van der Waals surface area contributed by atoms with E-state index in [1.165, 1.54) is 70.6 Å². The molecule has 0 aromatic heterocycles. The van der Waals surface area contributed by atoms with Crippen LogP contribution < -0.4 is 0 Å². The predicted octanol–water partition coefficient (Wildman–Crippen LogP) is 6.79. The highest BCUT2D eigenvalue weighted by molar-refractivity contribution is 6.14. The van der Waals surface area contributed by atoms with Gasteiger partial charge in [0.2, 0.25) is 0 Å². The fourth-order valence-corrected chi connectivity index (χ4v) is 3.07. The summed E-state index contributed by atoms with van der Waals surface area (Å²) >= 11 is 0. The Labute approximate surface area is 137 Å². The second-order valence-corrected chi connectivity index (χ2v) is 9.63. The first-order chi connectivity index (χ1) is 9.62. The normalized spacial score (nSPS) is 15.4. The minimum absolute atomic E-state index is 0.514. The summed E-state index contributed by atoms with van der Waals surface area (Å²) in [5.74, 6) is 0.886. The zero-order valence-corrected chi connectivity index (χ0v) is 16.4. The zero-order valence-electron chi connectivity index (χ0n) is 16.4. The molecule has 0 rings (SSSR count). The molecule has 0 aromatic carbocycles. The number of rotatable bonds is 12. The van der Waals surface area contributed by atoms with E-state index in [-0.39, 0.29) is 0 Å². The molecule has 0 aliphatic carbocycles. The van der Waals surface area contributed by atoms with Crippen molar-refractivity contribution in [2.24, 2.45) is 11.3 Å². The van der Waals surface area contributed by atoms with Gasteiger partial charge in [-0.25, -0.2) is 0 Å². The topological polar surface area (TPSA) is 0 Å². The SMILES string of the molecule is BC(C)(CCCCCCCC(C)C)CCCCC(C)(C)C. The van der Waals surface area contributed by atoms with E-state index in [0.29, 0.717) is 10.7 Å². The van der Waals surface area contributed by atoms with Gasteiger partial charge in [-0.05, 0) is 17.8 Å². The Morgan fingerprint density at radius 1 is 0.667 bits per heavy atom. The van der Waals surface area contributed by atoms with Crippen LogP contribution in [0.4, 0.5) is 0 Å². The monoisotopic (exact) mass is 294 g/mol. The van der Waals surface area contributed by atoms with Gasteiger partial charge in [-0.15, -0.1) is 0 Å². The van der Waals surface area contributed by atoms with E-state index in [0.717, 1.165) is 5.92 Å². The average Bonchev–Trinajstić information content (AvgIpc) is 2.32. The summed E-state index contributed by atoms with van der Waals surface area (Å²) in [7, 11) is 2.48. The molecule has 0 fully saturated rings. The smallest absolute Gasteiger partial charge is 0.0669 e. The number of hydrogen-bond acceptors (Lipinski definition) is 0. The van der Waals surface area contributed by atoms with Gasteiger partial charge >= 0.3 is 0 Å². The summed E-state index contributed by atoms with van der Waals surface area (Å²) in [5.41, 5.74) is 0.514. The fourth-order valence-electron chi connectivity index (χ4n) is 3.07. The molecule has 0 nitrogen and oxygen atoms in total. The molecule has 0 aromatic rings. The third-order valence-corrected chi connectivity index (χ3v) is 4.67. The van der Waals surface area contributed by atoms with Crippen LogP contribution in [0.25, 0.3) is 0 Å². The van der Waals surface area contributed by atoms with Crippen LogP contribution >= 0.6 is 0 Å². The van der Waals surface area contributed by atoms with Crippen molar-refractivity contribution in [2.45, 2.75) is 117 Å². The second kappa shape index (κ2) is 10.7. The molecule has 0 saturated heterocycles. The lowest BCUT2D eigenvalue weighted by atomic mass is 9.64. The first-order valence-corrected chi connectivity index (χ1v) is 9.62. The van der Waals surface area contributed by atoms with Crippen LogP contribution in [0.5, 0.6) is 0 Å². The summed E-state index contributed by atoms with van der Waals surface area (Å²) in [6.07, 6.45) is 15.7. The molecule has 0 aliphatic heterocycles. The molecule has 0 heterocycles. The Morgan fingerprint density at radius 2 is 1.10 bits per heavy atom. The van der Waals surface area contributed by atoms with E-state index >= 15 is 0 Å². The Kier molecular flexibility index (Phi) is 10.8. The van der Waals surface area contributed by atoms with Crippen LogP contribution in [0.1, 0.15) is 112 Å². The van der Waals surface area contributed by atoms with Crippen molar-refractivity contribution in [1.82, 2.24) is 0 Å². The standard InChI is InChI=1S/C20H43B/c1-18(2)14-10-8-7-9-11-16-20(6,21)17-13-12-15-19(3,4)5/h18H,7-17,21H2,1-6H3. The Morgan fingerprint density at radius 3 is 1.62 bits per heavy atom. The van der Waals surface area contributed by atoms with Crippen molar-refractivity contribution < 1.29 is 0 Å². The maximum absolute atomic E-state index is 2.48. The third kappa shape index (κ3) is 16.3. The van der Waals surface area contributed by atoms with Gasteiger partial charge in [0, 0.05) is 0 Å². The second-order valence-electron chi connectivity index (χ2n) is 9.63. The van der Waals surface area contributed by atoms with Crippen molar-refractivity contribution in [3.05, 3.63) is 0 Å². The fraction of sp³-hybridized carbons (Fsp3) is 1.00. The van der Waals surface area contributed by atoms with Crippen LogP contribution in [-0.2, 0) is 0 Å². The van der Waals surface area contributed by atoms with Crippen LogP contribution in [-0.4, -0.2) is 7.85 Å². The van der Waals surface area contributed by atoms with E-state index in [4.69, 9.17) is 0 Å². The van der Waals surface area contributed by atoms with Gasteiger partial charge in [0.25, 0.3) is 0 Å². The highest BCUT2D eigenvalue weighted by atomic mass is 14.2. The molecule has 1 unspecified atom stereocenters. The maximum Gasteiger partial charge on any atom is 0.109 e.